The van der Waals surface area contributed by atoms with E-state index in [1.54, 1.807) is 7.11 Å². The minimum atomic E-state index is -0.201. The van der Waals surface area contributed by atoms with E-state index >= 15 is 0 Å². The topological polar surface area (TPSA) is 58.6 Å². The number of piperidine rings is 1. The van der Waals surface area contributed by atoms with E-state index in [1.807, 2.05) is 78.6 Å². The van der Waals surface area contributed by atoms with E-state index in [0.29, 0.717) is 18.7 Å². The standard InChI is InChI=1S/C26H28N2O3/c1-18(19-9-4-3-5-10-19)27-25(29)20-11-8-16-28(17-20)26(30)23-14-15-24(31-2)22-13-7-6-12-21(22)23/h3-7,9-10,12-15,18,20H,8,11,16-17H2,1-2H3,(H,27,29)/t18-,20+/m0/s1. The van der Waals surface area contributed by atoms with Gasteiger partial charge in [0.1, 0.15) is 5.75 Å². The fourth-order valence-electron chi connectivity index (χ4n) is 4.34. The number of carbonyl (C=O) groups is 2. The Morgan fingerprint density at radius 2 is 1.71 bits per heavy atom. The number of fused-ring (bicyclic) bond motifs is 1. The fourth-order valence-corrected chi connectivity index (χ4v) is 4.34. The Bertz CT molecular complexity index is 1080. The van der Waals surface area contributed by atoms with Crippen LogP contribution >= 0.6 is 0 Å². The van der Waals surface area contributed by atoms with Crippen molar-refractivity contribution in [3.05, 3.63) is 77.9 Å². The molecule has 160 valence electrons. The summed E-state index contributed by atoms with van der Waals surface area (Å²) in [5, 5.41) is 4.90. The molecule has 1 fully saturated rings. The summed E-state index contributed by atoms with van der Waals surface area (Å²) in [4.78, 5) is 28.1. The van der Waals surface area contributed by atoms with Crippen molar-refractivity contribution < 1.29 is 14.3 Å². The summed E-state index contributed by atoms with van der Waals surface area (Å²) in [5.74, 6) is 0.521. The van der Waals surface area contributed by atoms with Crippen LogP contribution < -0.4 is 10.1 Å². The maximum absolute atomic E-state index is 13.4. The molecule has 0 unspecified atom stereocenters. The van der Waals surface area contributed by atoms with Crippen LogP contribution in [0.1, 0.15) is 41.7 Å². The van der Waals surface area contributed by atoms with E-state index < -0.39 is 0 Å². The van der Waals surface area contributed by atoms with Crippen LogP contribution in [-0.4, -0.2) is 36.9 Å². The van der Waals surface area contributed by atoms with Crippen LogP contribution in [0.4, 0.5) is 0 Å². The van der Waals surface area contributed by atoms with Crippen LogP contribution in [0, 0.1) is 5.92 Å². The van der Waals surface area contributed by atoms with Gasteiger partial charge < -0.3 is 15.0 Å². The zero-order chi connectivity index (χ0) is 21.8. The van der Waals surface area contributed by atoms with Crippen LogP contribution in [-0.2, 0) is 4.79 Å². The van der Waals surface area contributed by atoms with E-state index in [9.17, 15) is 9.59 Å². The van der Waals surface area contributed by atoms with Gasteiger partial charge in [0.25, 0.3) is 5.91 Å². The Morgan fingerprint density at radius 3 is 2.45 bits per heavy atom. The van der Waals surface area contributed by atoms with Gasteiger partial charge in [-0.05, 0) is 42.8 Å². The molecule has 1 heterocycles. The van der Waals surface area contributed by atoms with E-state index in [0.717, 1.165) is 34.9 Å². The molecule has 3 aromatic rings. The largest absolute Gasteiger partial charge is 0.496 e. The number of likely N-dealkylation sites (tertiary alicyclic amines) is 1. The van der Waals surface area contributed by atoms with Crippen molar-refractivity contribution in [1.29, 1.82) is 0 Å². The van der Waals surface area contributed by atoms with Crippen molar-refractivity contribution in [2.45, 2.75) is 25.8 Å². The summed E-state index contributed by atoms with van der Waals surface area (Å²) < 4.78 is 5.45. The van der Waals surface area contributed by atoms with Crippen LogP contribution in [0.15, 0.2) is 66.7 Å². The Morgan fingerprint density at radius 1 is 1.00 bits per heavy atom. The molecule has 1 aliphatic heterocycles. The van der Waals surface area contributed by atoms with Gasteiger partial charge in [-0.3, -0.25) is 9.59 Å². The molecule has 1 aliphatic rings. The van der Waals surface area contributed by atoms with Crippen LogP contribution in [0.3, 0.4) is 0 Å². The molecule has 2 atom stereocenters. The Hall–Kier alpha value is -3.34. The molecule has 1 saturated heterocycles. The summed E-state index contributed by atoms with van der Waals surface area (Å²) in [6.45, 7) is 3.09. The highest BCUT2D eigenvalue weighted by atomic mass is 16.5. The lowest BCUT2D eigenvalue weighted by Gasteiger charge is -2.33. The first kappa shape index (κ1) is 20.9. The molecular weight excluding hydrogens is 388 g/mol. The second kappa shape index (κ2) is 9.21. The average molecular weight is 417 g/mol. The Balaban J connectivity index is 1.49. The summed E-state index contributed by atoms with van der Waals surface area (Å²) in [5.41, 5.74) is 1.72. The average Bonchev–Trinajstić information content (AvgIpc) is 2.83. The van der Waals surface area contributed by atoms with Gasteiger partial charge in [-0.25, -0.2) is 0 Å². The molecule has 1 N–H and O–H groups in total. The monoisotopic (exact) mass is 416 g/mol. The van der Waals surface area contributed by atoms with E-state index in [2.05, 4.69) is 5.32 Å². The van der Waals surface area contributed by atoms with Gasteiger partial charge in [-0.2, -0.15) is 0 Å². The first-order valence-electron chi connectivity index (χ1n) is 10.8. The molecule has 0 spiro atoms. The van der Waals surface area contributed by atoms with Crippen molar-refractivity contribution in [1.82, 2.24) is 10.2 Å². The van der Waals surface area contributed by atoms with E-state index in [-0.39, 0.29) is 23.8 Å². The van der Waals surface area contributed by atoms with Gasteiger partial charge in [0.15, 0.2) is 0 Å². The van der Waals surface area contributed by atoms with Crippen LogP contribution in [0.5, 0.6) is 5.75 Å². The molecular formula is C26H28N2O3. The number of rotatable bonds is 5. The number of ether oxygens (including phenoxy) is 1. The second-order valence-electron chi connectivity index (χ2n) is 8.09. The summed E-state index contributed by atoms with van der Waals surface area (Å²) in [6, 6.07) is 21.3. The molecule has 31 heavy (non-hydrogen) atoms. The third-order valence-electron chi connectivity index (χ3n) is 6.07. The molecule has 3 aromatic carbocycles. The molecule has 2 amide bonds. The lowest BCUT2D eigenvalue weighted by Crippen LogP contribution is -2.45. The third kappa shape index (κ3) is 4.41. The molecule has 0 aliphatic carbocycles. The molecule has 0 saturated carbocycles. The van der Waals surface area contributed by atoms with Gasteiger partial charge in [0, 0.05) is 24.0 Å². The lowest BCUT2D eigenvalue weighted by atomic mass is 9.95. The van der Waals surface area contributed by atoms with E-state index in [4.69, 9.17) is 4.74 Å². The zero-order valence-corrected chi connectivity index (χ0v) is 18.0. The third-order valence-corrected chi connectivity index (χ3v) is 6.07. The molecule has 5 nitrogen and oxygen atoms in total. The number of hydrogen-bond acceptors (Lipinski definition) is 3. The number of benzene rings is 3. The van der Waals surface area contributed by atoms with Crippen molar-refractivity contribution in [3.63, 3.8) is 0 Å². The highest BCUT2D eigenvalue weighted by Gasteiger charge is 2.30. The normalized spacial score (nSPS) is 17.2. The smallest absolute Gasteiger partial charge is 0.254 e. The second-order valence-corrected chi connectivity index (χ2v) is 8.09. The molecule has 0 bridgehead atoms. The van der Waals surface area contributed by atoms with Crippen molar-refractivity contribution in [2.75, 3.05) is 20.2 Å². The molecule has 5 heteroatoms. The van der Waals surface area contributed by atoms with Crippen molar-refractivity contribution >= 4 is 22.6 Å². The number of methoxy groups -OCH3 is 1. The highest BCUT2D eigenvalue weighted by molar-refractivity contribution is 6.08. The number of carbonyl (C=O) groups excluding carboxylic acids is 2. The Kier molecular flexibility index (Phi) is 6.21. The molecule has 0 aromatic heterocycles. The minimum absolute atomic E-state index is 0.00782. The van der Waals surface area contributed by atoms with Gasteiger partial charge in [0.05, 0.1) is 19.1 Å². The maximum Gasteiger partial charge on any atom is 0.254 e. The first-order valence-corrected chi connectivity index (χ1v) is 10.8. The number of hydrogen-bond donors (Lipinski definition) is 1. The summed E-state index contributed by atoms with van der Waals surface area (Å²) in [6.07, 6.45) is 1.61. The quantitative estimate of drug-likeness (QED) is 0.662. The van der Waals surface area contributed by atoms with Gasteiger partial charge in [0.2, 0.25) is 5.91 Å². The van der Waals surface area contributed by atoms with Gasteiger partial charge >= 0.3 is 0 Å². The zero-order valence-electron chi connectivity index (χ0n) is 18.0. The number of nitrogens with zero attached hydrogens (tertiary/aromatic N) is 1. The van der Waals surface area contributed by atoms with Gasteiger partial charge in [-0.1, -0.05) is 54.6 Å². The van der Waals surface area contributed by atoms with Crippen molar-refractivity contribution in [2.24, 2.45) is 5.92 Å². The summed E-state index contributed by atoms with van der Waals surface area (Å²) in [7, 11) is 1.63. The first-order chi connectivity index (χ1) is 15.1. The summed E-state index contributed by atoms with van der Waals surface area (Å²) >= 11 is 0. The van der Waals surface area contributed by atoms with Crippen molar-refractivity contribution in [3.8, 4) is 5.75 Å². The van der Waals surface area contributed by atoms with Gasteiger partial charge in [-0.15, -0.1) is 0 Å². The number of amides is 2. The van der Waals surface area contributed by atoms with Crippen LogP contribution in [0.2, 0.25) is 0 Å². The molecule has 4 rings (SSSR count). The number of nitrogens with one attached hydrogen (secondary N) is 1. The van der Waals surface area contributed by atoms with E-state index in [1.165, 1.54) is 0 Å². The minimum Gasteiger partial charge on any atom is -0.496 e. The maximum atomic E-state index is 13.4. The predicted molar refractivity (Wildman–Crippen MR) is 122 cm³/mol. The predicted octanol–water partition coefficient (Wildman–Crippen LogP) is 4.58. The fraction of sp³-hybridized carbons (Fsp3) is 0.308. The molecule has 0 radical (unpaired) electrons. The highest BCUT2D eigenvalue weighted by Crippen LogP contribution is 2.30. The SMILES string of the molecule is COc1ccc(C(=O)N2CCC[C@@H](C(=O)N[C@@H](C)c3ccccc3)C2)c2ccccc12. The van der Waals surface area contributed by atoms with Crippen LogP contribution in [0.25, 0.3) is 10.8 Å². The Labute approximate surface area is 183 Å². The lowest BCUT2D eigenvalue weighted by molar-refractivity contribution is -0.127.